The van der Waals surface area contributed by atoms with Crippen molar-refractivity contribution in [2.45, 2.75) is 43.9 Å². The molecule has 1 aromatic heterocycles. The standard InChI is InChI=1S/C21H24FN5O/c22-19-3-2-16(12-17(19)14-23)15-27-9-5-21(6-10-27)13-18(4-11-28-21)26-20-24-7-1-8-25-20/h1-3,7-8,12,18H,4-6,9-11,13,15H2,(H,24,25,26). The molecule has 1 aromatic carbocycles. The Hall–Kier alpha value is -2.56. The van der Waals surface area contributed by atoms with E-state index in [-0.39, 0.29) is 11.2 Å². The zero-order valence-electron chi connectivity index (χ0n) is 15.8. The summed E-state index contributed by atoms with van der Waals surface area (Å²) >= 11 is 0. The van der Waals surface area contributed by atoms with Crippen molar-refractivity contribution in [1.82, 2.24) is 14.9 Å². The molecule has 1 unspecified atom stereocenters. The van der Waals surface area contributed by atoms with E-state index in [9.17, 15) is 4.39 Å². The summed E-state index contributed by atoms with van der Waals surface area (Å²) in [5.74, 6) is 0.215. The molecule has 3 heterocycles. The number of piperidine rings is 1. The van der Waals surface area contributed by atoms with Gasteiger partial charge in [0.05, 0.1) is 11.2 Å². The Morgan fingerprint density at radius 1 is 1.29 bits per heavy atom. The first-order valence-corrected chi connectivity index (χ1v) is 9.74. The minimum absolute atomic E-state index is 0.0954. The van der Waals surface area contributed by atoms with Gasteiger partial charge in [0.2, 0.25) is 5.95 Å². The summed E-state index contributed by atoms with van der Waals surface area (Å²) in [4.78, 5) is 10.9. The molecule has 0 aliphatic carbocycles. The predicted molar refractivity (Wildman–Crippen MR) is 103 cm³/mol. The Labute approximate surface area is 164 Å². The SMILES string of the molecule is N#Cc1cc(CN2CCC3(CC2)CC(Nc2ncccn2)CCO3)ccc1F. The number of nitriles is 1. The lowest BCUT2D eigenvalue weighted by Crippen LogP contribution is -2.51. The van der Waals surface area contributed by atoms with Gasteiger partial charge < -0.3 is 10.1 Å². The number of nitrogens with one attached hydrogen (secondary N) is 1. The summed E-state index contributed by atoms with van der Waals surface area (Å²) in [5, 5.41) is 12.4. The fourth-order valence-electron chi connectivity index (χ4n) is 4.19. The topological polar surface area (TPSA) is 74.1 Å². The maximum atomic E-state index is 13.5. The Balaban J connectivity index is 1.33. The summed E-state index contributed by atoms with van der Waals surface area (Å²) < 4.78 is 19.7. The first-order valence-electron chi connectivity index (χ1n) is 9.74. The van der Waals surface area contributed by atoms with Crippen LogP contribution in [0.15, 0.2) is 36.7 Å². The molecule has 2 aromatic rings. The van der Waals surface area contributed by atoms with Gasteiger partial charge in [-0.25, -0.2) is 14.4 Å². The lowest BCUT2D eigenvalue weighted by Gasteiger charge is -2.46. The molecule has 6 nitrogen and oxygen atoms in total. The minimum Gasteiger partial charge on any atom is -0.375 e. The third-order valence-electron chi connectivity index (χ3n) is 5.72. The number of anilines is 1. The van der Waals surface area contributed by atoms with Crippen LogP contribution in [0.2, 0.25) is 0 Å². The smallest absolute Gasteiger partial charge is 0.222 e. The predicted octanol–water partition coefficient (Wildman–Crippen LogP) is 3.11. The van der Waals surface area contributed by atoms with Gasteiger partial charge in [-0.3, -0.25) is 4.90 Å². The average molecular weight is 381 g/mol. The van der Waals surface area contributed by atoms with Gasteiger partial charge in [0.15, 0.2) is 0 Å². The average Bonchev–Trinajstić information content (AvgIpc) is 2.72. The molecule has 0 bridgehead atoms. The van der Waals surface area contributed by atoms with Crippen molar-refractivity contribution in [1.29, 1.82) is 5.26 Å². The maximum absolute atomic E-state index is 13.5. The second kappa shape index (κ2) is 8.21. The molecule has 0 radical (unpaired) electrons. The van der Waals surface area contributed by atoms with Gasteiger partial charge in [-0.05, 0) is 49.4 Å². The fourth-order valence-corrected chi connectivity index (χ4v) is 4.19. The monoisotopic (exact) mass is 381 g/mol. The van der Waals surface area contributed by atoms with Crippen molar-refractivity contribution in [3.05, 3.63) is 53.6 Å². The number of ether oxygens (including phenoxy) is 1. The van der Waals surface area contributed by atoms with Crippen LogP contribution in [0.5, 0.6) is 0 Å². The Morgan fingerprint density at radius 2 is 2.07 bits per heavy atom. The molecule has 2 aliphatic heterocycles. The summed E-state index contributed by atoms with van der Waals surface area (Å²) in [6.45, 7) is 3.32. The van der Waals surface area contributed by atoms with Crippen LogP contribution in [0.1, 0.15) is 36.8 Å². The molecule has 28 heavy (non-hydrogen) atoms. The molecule has 1 atom stereocenters. The van der Waals surface area contributed by atoms with Crippen molar-refractivity contribution in [2.75, 3.05) is 25.0 Å². The lowest BCUT2D eigenvalue weighted by molar-refractivity contribution is -0.115. The molecule has 1 N–H and O–H groups in total. The van der Waals surface area contributed by atoms with E-state index in [1.165, 1.54) is 6.07 Å². The van der Waals surface area contributed by atoms with Gasteiger partial charge >= 0.3 is 0 Å². The summed E-state index contributed by atoms with van der Waals surface area (Å²) in [5.41, 5.74) is 0.986. The highest BCUT2D eigenvalue weighted by atomic mass is 19.1. The van der Waals surface area contributed by atoms with E-state index < -0.39 is 5.82 Å². The lowest BCUT2D eigenvalue weighted by atomic mass is 9.82. The molecular formula is C21H24FN5O. The van der Waals surface area contributed by atoms with Crippen molar-refractivity contribution < 1.29 is 9.13 Å². The molecule has 0 amide bonds. The molecule has 2 aliphatic rings. The van der Waals surface area contributed by atoms with Gasteiger partial charge in [-0.2, -0.15) is 5.26 Å². The molecule has 0 saturated carbocycles. The van der Waals surface area contributed by atoms with Crippen molar-refractivity contribution >= 4 is 5.95 Å². The Morgan fingerprint density at radius 3 is 2.82 bits per heavy atom. The van der Waals surface area contributed by atoms with Gasteiger partial charge in [0.25, 0.3) is 0 Å². The Bertz CT molecular complexity index is 846. The van der Waals surface area contributed by atoms with Gasteiger partial charge in [0.1, 0.15) is 11.9 Å². The molecule has 1 spiro atoms. The number of aromatic nitrogens is 2. The molecule has 4 rings (SSSR count). The molecule has 7 heteroatoms. The number of halogens is 1. The van der Waals surface area contributed by atoms with Crippen LogP contribution < -0.4 is 5.32 Å². The van der Waals surface area contributed by atoms with E-state index in [0.717, 1.165) is 57.5 Å². The van der Waals surface area contributed by atoms with E-state index in [1.807, 2.05) is 12.1 Å². The normalized spacial score (nSPS) is 21.9. The number of benzene rings is 1. The number of hydrogen-bond acceptors (Lipinski definition) is 6. The van der Waals surface area contributed by atoms with E-state index in [2.05, 4.69) is 20.2 Å². The summed E-state index contributed by atoms with van der Waals surface area (Å²) in [7, 11) is 0. The fraction of sp³-hybridized carbons (Fsp3) is 0.476. The second-order valence-corrected chi connectivity index (χ2v) is 7.64. The van der Waals surface area contributed by atoms with Crippen LogP contribution in [0, 0.1) is 17.1 Å². The molecule has 2 fully saturated rings. The molecule has 146 valence electrons. The highest BCUT2D eigenvalue weighted by molar-refractivity contribution is 5.34. The largest absolute Gasteiger partial charge is 0.375 e. The quantitative estimate of drug-likeness (QED) is 0.877. The van der Waals surface area contributed by atoms with Gasteiger partial charge in [0, 0.05) is 44.7 Å². The molecular weight excluding hydrogens is 357 g/mol. The minimum atomic E-state index is -0.458. The summed E-state index contributed by atoms with van der Waals surface area (Å²) in [6.07, 6.45) is 7.33. The van der Waals surface area contributed by atoms with Crippen LogP contribution in [0.3, 0.4) is 0 Å². The van der Waals surface area contributed by atoms with Crippen LogP contribution in [-0.4, -0.2) is 46.2 Å². The first-order chi connectivity index (χ1) is 13.7. The van der Waals surface area contributed by atoms with E-state index in [0.29, 0.717) is 12.0 Å². The van der Waals surface area contributed by atoms with Crippen molar-refractivity contribution in [2.24, 2.45) is 0 Å². The highest BCUT2D eigenvalue weighted by Gasteiger charge is 2.40. The number of nitrogens with zero attached hydrogens (tertiary/aromatic N) is 4. The molecule has 2 saturated heterocycles. The van der Waals surface area contributed by atoms with Crippen LogP contribution >= 0.6 is 0 Å². The van der Waals surface area contributed by atoms with Crippen LogP contribution in [0.4, 0.5) is 10.3 Å². The van der Waals surface area contributed by atoms with Crippen molar-refractivity contribution in [3.63, 3.8) is 0 Å². The van der Waals surface area contributed by atoms with E-state index in [1.54, 1.807) is 24.5 Å². The van der Waals surface area contributed by atoms with Gasteiger partial charge in [-0.1, -0.05) is 6.07 Å². The number of likely N-dealkylation sites (tertiary alicyclic amines) is 1. The Kier molecular flexibility index (Phi) is 5.51. The first kappa shape index (κ1) is 18.8. The van der Waals surface area contributed by atoms with Crippen LogP contribution in [-0.2, 0) is 11.3 Å². The van der Waals surface area contributed by atoms with Crippen LogP contribution in [0.25, 0.3) is 0 Å². The number of hydrogen-bond donors (Lipinski definition) is 1. The van der Waals surface area contributed by atoms with Gasteiger partial charge in [-0.15, -0.1) is 0 Å². The zero-order valence-corrected chi connectivity index (χ0v) is 15.8. The summed E-state index contributed by atoms with van der Waals surface area (Å²) in [6, 6.07) is 8.83. The number of rotatable bonds is 4. The second-order valence-electron chi connectivity index (χ2n) is 7.64. The highest BCUT2D eigenvalue weighted by Crippen LogP contribution is 2.36. The third kappa shape index (κ3) is 4.29. The maximum Gasteiger partial charge on any atom is 0.222 e. The van der Waals surface area contributed by atoms with E-state index >= 15 is 0 Å². The van der Waals surface area contributed by atoms with E-state index in [4.69, 9.17) is 10.00 Å². The third-order valence-corrected chi connectivity index (χ3v) is 5.72. The zero-order chi connectivity index (χ0) is 19.4. The van der Waals surface area contributed by atoms with Crippen molar-refractivity contribution in [3.8, 4) is 6.07 Å².